The minimum absolute atomic E-state index is 0.0918. The summed E-state index contributed by atoms with van der Waals surface area (Å²) in [4.78, 5) is 13.9. The second-order valence-electron chi connectivity index (χ2n) is 3.75. The average Bonchev–Trinajstić information content (AvgIpc) is 2.74. The van der Waals surface area contributed by atoms with Gasteiger partial charge in [-0.1, -0.05) is 0 Å². The fourth-order valence-electron chi connectivity index (χ4n) is 1.53. The lowest BCUT2D eigenvalue weighted by molar-refractivity contribution is -0.390. The fraction of sp³-hybridized carbons (Fsp3) is 0.250. The van der Waals surface area contributed by atoms with E-state index in [2.05, 4.69) is 4.98 Å². The Morgan fingerprint density at radius 2 is 1.95 bits per heavy atom. The number of hydrogen-bond acceptors (Lipinski definition) is 5. The number of nitrogens with zero attached hydrogens (tertiary/aromatic N) is 3. The van der Waals surface area contributed by atoms with Gasteiger partial charge in [0.05, 0.1) is 6.61 Å². The molecule has 1 aromatic carbocycles. The van der Waals surface area contributed by atoms with E-state index < -0.39 is 4.92 Å². The van der Waals surface area contributed by atoms with Gasteiger partial charge in [-0.25, -0.2) is 0 Å². The molecule has 2 rings (SSSR count). The minimum Gasteiger partial charge on any atom is -0.494 e. The molecule has 0 aliphatic rings. The van der Waals surface area contributed by atoms with Crippen LogP contribution in [0.3, 0.4) is 0 Å². The lowest BCUT2D eigenvalue weighted by atomic mass is 10.3. The standard InChI is InChI=1S/C12H13N3O4/c1-3-18-9-4-6-10(7-5-9)19-12-11(15(16)17)13-8-14(12)2/h4-8H,3H2,1-2H3. The van der Waals surface area contributed by atoms with E-state index in [0.29, 0.717) is 18.1 Å². The van der Waals surface area contributed by atoms with E-state index in [1.807, 2.05) is 6.92 Å². The molecule has 0 saturated heterocycles. The summed E-state index contributed by atoms with van der Waals surface area (Å²) in [5.74, 6) is 0.982. The van der Waals surface area contributed by atoms with E-state index in [1.165, 1.54) is 10.9 Å². The van der Waals surface area contributed by atoms with Crippen LogP contribution in [0.4, 0.5) is 5.82 Å². The highest BCUT2D eigenvalue weighted by atomic mass is 16.6. The number of hydrogen-bond donors (Lipinski definition) is 0. The van der Waals surface area contributed by atoms with Crippen LogP contribution in [0.1, 0.15) is 6.92 Å². The number of aromatic nitrogens is 2. The van der Waals surface area contributed by atoms with Crippen LogP contribution in [-0.4, -0.2) is 21.1 Å². The molecule has 2 aromatic rings. The molecular weight excluding hydrogens is 250 g/mol. The van der Waals surface area contributed by atoms with E-state index in [0.717, 1.165) is 0 Å². The van der Waals surface area contributed by atoms with Crippen LogP contribution < -0.4 is 9.47 Å². The van der Waals surface area contributed by atoms with Crippen LogP contribution in [0.25, 0.3) is 0 Å². The van der Waals surface area contributed by atoms with Crippen molar-refractivity contribution in [1.82, 2.24) is 9.55 Å². The molecule has 0 radical (unpaired) electrons. The Balaban J connectivity index is 2.21. The predicted octanol–water partition coefficient (Wildman–Crippen LogP) is 2.52. The fourth-order valence-corrected chi connectivity index (χ4v) is 1.53. The molecule has 0 aliphatic heterocycles. The number of benzene rings is 1. The van der Waals surface area contributed by atoms with Gasteiger partial charge in [0.15, 0.2) is 0 Å². The Hall–Kier alpha value is -2.57. The second kappa shape index (κ2) is 5.38. The lowest BCUT2D eigenvalue weighted by Crippen LogP contribution is -1.96. The van der Waals surface area contributed by atoms with Crippen molar-refractivity contribution in [3.63, 3.8) is 0 Å². The summed E-state index contributed by atoms with van der Waals surface area (Å²) in [6, 6.07) is 6.84. The topological polar surface area (TPSA) is 79.4 Å². The first-order valence-electron chi connectivity index (χ1n) is 5.68. The first-order valence-corrected chi connectivity index (χ1v) is 5.68. The van der Waals surface area contributed by atoms with E-state index in [1.54, 1.807) is 31.3 Å². The molecule has 0 saturated carbocycles. The van der Waals surface area contributed by atoms with Gasteiger partial charge >= 0.3 is 11.7 Å². The van der Waals surface area contributed by atoms with Gasteiger partial charge in [0.25, 0.3) is 0 Å². The summed E-state index contributed by atoms with van der Waals surface area (Å²) in [5, 5.41) is 10.8. The average molecular weight is 263 g/mol. The Morgan fingerprint density at radius 1 is 1.32 bits per heavy atom. The molecule has 0 aliphatic carbocycles. The van der Waals surface area contributed by atoms with Crippen LogP contribution in [0.15, 0.2) is 30.6 Å². The first kappa shape index (κ1) is 12.9. The van der Waals surface area contributed by atoms with Crippen molar-refractivity contribution in [2.24, 2.45) is 7.05 Å². The van der Waals surface area contributed by atoms with Gasteiger partial charge in [-0.2, -0.15) is 0 Å². The molecule has 7 nitrogen and oxygen atoms in total. The van der Waals surface area contributed by atoms with E-state index in [9.17, 15) is 10.1 Å². The molecule has 1 heterocycles. The third-order valence-electron chi connectivity index (χ3n) is 2.39. The number of ether oxygens (including phenoxy) is 2. The van der Waals surface area contributed by atoms with Crippen LogP contribution in [0.2, 0.25) is 0 Å². The largest absolute Gasteiger partial charge is 0.494 e. The maximum atomic E-state index is 10.8. The monoisotopic (exact) mass is 263 g/mol. The van der Waals surface area contributed by atoms with Gasteiger partial charge in [0.1, 0.15) is 11.5 Å². The van der Waals surface area contributed by atoms with Gasteiger partial charge in [0, 0.05) is 7.05 Å². The zero-order valence-corrected chi connectivity index (χ0v) is 10.6. The highest BCUT2D eigenvalue weighted by Crippen LogP contribution is 2.30. The molecule has 0 spiro atoms. The van der Waals surface area contributed by atoms with Crippen molar-refractivity contribution < 1.29 is 14.4 Å². The Kier molecular flexibility index (Phi) is 3.65. The molecule has 0 atom stereocenters. The van der Waals surface area contributed by atoms with Gasteiger partial charge in [-0.15, -0.1) is 0 Å². The van der Waals surface area contributed by atoms with Crippen LogP contribution in [-0.2, 0) is 7.05 Å². The van der Waals surface area contributed by atoms with Crippen LogP contribution in [0, 0.1) is 10.1 Å². The van der Waals surface area contributed by atoms with Gasteiger partial charge in [0.2, 0.25) is 6.33 Å². The van der Waals surface area contributed by atoms with Crippen LogP contribution in [0.5, 0.6) is 17.4 Å². The zero-order valence-electron chi connectivity index (χ0n) is 10.6. The molecular formula is C12H13N3O4. The molecule has 19 heavy (non-hydrogen) atoms. The molecule has 0 amide bonds. The molecule has 0 N–H and O–H groups in total. The Bertz CT molecular complexity index is 577. The Labute approximate surface area is 109 Å². The van der Waals surface area contributed by atoms with Gasteiger partial charge < -0.3 is 19.6 Å². The third kappa shape index (κ3) is 2.82. The van der Waals surface area contributed by atoms with E-state index in [-0.39, 0.29) is 11.7 Å². The third-order valence-corrected chi connectivity index (χ3v) is 2.39. The smallest absolute Gasteiger partial charge is 0.427 e. The van der Waals surface area contributed by atoms with Crippen molar-refractivity contribution in [2.45, 2.75) is 6.92 Å². The summed E-state index contributed by atoms with van der Waals surface area (Å²) < 4.78 is 12.2. The highest BCUT2D eigenvalue weighted by molar-refractivity contribution is 5.39. The van der Waals surface area contributed by atoms with Crippen molar-refractivity contribution in [2.75, 3.05) is 6.61 Å². The number of nitro groups is 1. The SMILES string of the molecule is CCOc1ccc(Oc2c([N+](=O)[O-])ncn2C)cc1. The summed E-state index contributed by atoms with van der Waals surface area (Å²) in [6.45, 7) is 2.47. The highest BCUT2D eigenvalue weighted by Gasteiger charge is 2.22. The van der Waals surface area contributed by atoms with Crippen molar-refractivity contribution >= 4 is 5.82 Å². The molecule has 0 unspecified atom stereocenters. The number of rotatable bonds is 5. The summed E-state index contributed by atoms with van der Waals surface area (Å²) in [7, 11) is 1.63. The van der Waals surface area contributed by atoms with Gasteiger partial charge in [-0.05, 0) is 41.1 Å². The molecule has 7 heteroatoms. The maximum Gasteiger partial charge on any atom is 0.427 e. The summed E-state index contributed by atoms with van der Waals surface area (Å²) in [5.41, 5.74) is 0. The molecule has 100 valence electrons. The maximum absolute atomic E-state index is 10.8. The van der Waals surface area contributed by atoms with E-state index >= 15 is 0 Å². The normalized spacial score (nSPS) is 10.2. The number of aryl methyl sites for hydroxylation is 1. The van der Waals surface area contributed by atoms with E-state index in [4.69, 9.17) is 9.47 Å². The summed E-state index contributed by atoms with van der Waals surface area (Å²) in [6.07, 6.45) is 1.34. The molecule has 0 fully saturated rings. The van der Waals surface area contributed by atoms with Crippen molar-refractivity contribution in [1.29, 1.82) is 0 Å². The van der Waals surface area contributed by atoms with Gasteiger partial charge in [-0.3, -0.25) is 4.57 Å². The van der Waals surface area contributed by atoms with Crippen molar-refractivity contribution in [3.8, 4) is 17.4 Å². The molecule has 1 aromatic heterocycles. The van der Waals surface area contributed by atoms with Crippen molar-refractivity contribution in [3.05, 3.63) is 40.7 Å². The zero-order chi connectivity index (χ0) is 13.8. The van der Waals surface area contributed by atoms with Crippen LogP contribution >= 0.6 is 0 Å². The quantitative estimate of drug-likeness (QED) is 0.611. The minimum atomic E-state index is -0.579. The lowest BCUT2D eigenvalue weighted by Gasteiger charge is -2.06. The first-order chi connectivity index (χ1) is 9.11. The predicted molar refractivity (Wildman–Crippen MR) is 67.5 cm³/mol. The molecule has 0 bridgehead atoms. The summed E-state index contributed by atoms with van der Waals surface area (Å²) >= 11 is 0. The Morgan fingerprint density at radius 3 is 2.53 bits per heavy atom. The second-order valence-corrected chi connectivity index (χ2v) is 3.75. The number of imidazole rings is 1.